The first-order valence-electron chi connectivity index (χ1n) is 21.5. The van der Waals surface area contributed by atoms with Gasteiger partial charge in [-0.3, -0.25) is 18.6 Å². The van der Waals surface area contributed by atoms with Gasteiger partial charge in [-0.1, -0.05) is 172 Å². The largest absolute Gasteiger partial charge is 0.472 e. The highest BCUT2D eigenvalue weighted by Crippen LogP contribution is 2.43. The van der Waals surface area contributed by atoms with Crippen molar-refractivity contribution >= 4 is 19.8 Å². The van der Waals surface area contributed by atoms with Gasteiger partial charge in [-0.15, -0.1) is 0 Å². The van der Waals surface area contributed by atoms with E-state index in [1.54, 1.807) is 0 Å². The third-order valence-electron chi connectivity index (χ3n) is 9.04. The van der Waals surface area contributed by atoms with Crippen LogP contribution in [-0.2, 0) is 32.7 Å². The van der Waals surface area contributed by atoms with E-state index in [0.29, 0.717) is 6.42 Å². The van der Waals surface area contributed by atoms with E-state index in [9.17, 15) is 19.0 Å². The zero-order valence-corrected chi connectivity index (χ0v) is 34.9. The molecule has 0 saturated carbocycles. The smallest absolute Gasteiger partial charge is 0.462 e. The van der Waals surface area contributed by atoms with Crippen molar-refractivity contribution in [2.75, 3.05) is 26.4 Å². The van der Waals surface area contributed by atoms with Gasteiger partial charge in [0.05, 0.1) is 13.2 Å². The minimum atomic E-state index is -4.38. The summed E-state index contributed by atoms with van der Waals surface area (Å²) in [6, 6.07) is 0. The normalized spacial score (nSPS) is 13.7. The number of phosphoric ester groups is 1. The second-order valence-electron chi connectivity index (χ2n) is 14.2. The van der Waals surface area contributed by atoms with E-state index in [-0.39, 0.29) is 38.6 Å². The molecular formula is C43H80NO8P. The minimum Gasteiger partial charge on any atom is -0.462 e. The second kappa shape index (κ2) is 39.9. The van der Waals surface area contributed by atoms with Crippen LogP contribution in [0.25, 0.3) is 0 Å². The first-order valence-corrected chi connectivity index (χ1v) is 23.0. The van der Waals surface area contributed by atoms with Gasteiger partial charge in [-0.05, 0) is 44.9 Å². The highest BCUT2D eigenvalue weighted by molar-refractivity contribution is 7.47. The van der Waals surface area contributed by atoms with Crippen LogP contribution in [-0.4, -0.2) is 49.3 Å². The Hall–Kier alpha value is -1.77. The van der Waals surface area contributed by atoms with Crippen LogP contribution >= 0.6 is 7.82 Å². The summed E-state index contributed by atoms with van der Waals surface area (Å²) in [5.41, 5.74) is 5.34. The highest BCUT2D eigenvalue weighted by Gasteiger charge is 2.26. The molecule has 0 aromatic heterocycles. The lowest BCUT2D eigenvalue weighted by atomic mass is 10.0. The van der Waals surface area contributed by atoms with Crippen molar-refractivity contribution in [2.24, 2.45) is 5.73 Å². The van der Waals surface area contributed by atoms with Gasteiger partial charge in [0.1, 0.15) is 6.61 Å². The number of rotatable bonds is 40. The summed E-state index contributed by atoms with van der Waals surface area (Å²) in [7, 11) is -4.38. The molecule has 9 nitrogen and oxygen atoms in total. The molecule has 0 aromatic carbocycles. The molecule has 0 rings (SSSR count). The lowest BCUT2D eigenvalue weighted by Gasteiger charge is -2.19. The molecule has 0 saturated heterocycles. The summed E-state index contributed by atoms with van der Waals surface area (Å²) in [5.74, 6) is -0.835. The maximum Gasteiger partial charge on any atom is 0.472 e. The molecule has 310 valence electrons. The molecule has 0 spiro atoms. The number of nitrogens with two attached hydrogens (primary N) is 1. The third kappa shape index (κ3) is 39.7. The van der Waals surface area contributed by atoms with Gasteiger partial charge in [0.15, 0.2) is 6.10 Å². The van der Waals surface area contributed by atoms with Crippen LogP contribution in [0.1, 0.15) is 194 Å². The van der Waals surface area contributed by atoms with E-state index >= 15 is 0 Å². The molecule has 0 aliphatic heterocycles. The Morgan fingerprint density at radius 3 is 1.55 bits per heavy atom. The fourth-order valence-corrected chi connectivity index (χ4v) is 6.65. The maximum absolute atomic E-state index is 12.6. The standard InChI is InChI=1S/C43H80NO8P/c1-3-5-7-9-11-13-15-17-19-20-22-24-26-28-30-32-34-36-43(46)52-41(40-51-53(47,48)50-38-37-44)39-49-42(45)35-33-31-29-27-25-23-21-18-16-14-12-10-8-6-4-2/h5,7,11,13,17,19,41H,3-4,6,8-10,12,14-16,18,20-40,44H2,1-2H3,(H,47,48)/b7-5-,13-11-,19-17-. The van der Waals surface area contributed by atoms with Crippen molar-refractivity contribution in [1.82, 2.24) is 0 Å². The number of esters is 2. The van der Waals surface area contributed by atoms with E-state index < -0.39 is 26.5 Å². The first-order chi connectivity index (χ1) is 25.8. The summed E-state index contributed by atoms with van der Waals surface area (Å²) in [5, 5.41) is 0. The number of hydrogen-bond donors (Lipinski definition) is 2. The van der Waals surface area contributed by atoms with E-state index in [1.807, 2.05) is 0 Å². The number of allylic oxidation sites excluding steroid dienone is 6. The molecule has 53 heavy (non-hydrogen) atoms. The molecule has 0 amide bonds. The minimum absolute atomic E-state index is 0.0520. The zero-order chi connectivity index (χ0) is 38.9. The lowest BCUT2D eigenvalue weighted by Crippen LogP contribution is -2.29. The van der Waals surface area contributed by atoms with Crippen molar-refractivity contribution < 1.29 is 37.6 Å². The number of ether oxygens (including phenoxy) is 2. The fraction of sp³-hybridized carbons (Fsp3) is 0.814. The first kappa shape index (κ1) is 51.2. The monoisotopic (exact) mass is 770 g/mol. The topological polar surface area (TPSA) is 134 Å². The molecule has 2 unspecified atom stereocenters. The molecule has 2 atom stereocenters. The SMILES string of the molecule is CC/C=C\C/C=C\C/C=C\CCCCCCCCCC(=O)OC(COC(=O)CCCCCCCCCCCCCCCCC)COP(=O)(O)OCCN. The van der Waals surface area contributed by atoms with Crippen LogP contribution < -0.4 is 5.73 Å². The van der Waals surface area contributed by atoms with Gasteiger partial charge in [-0.2, -0.15) is 0 Å². The summed E-state index contributed by atoms with van der Waals surface area (Å²) in [6.45, 7) is 3.62. The van der Waals surface area contributed by atoms with Crippen molar-refractivity contribution in [3.63, 3.8) is 0 Å². The zero-order valence-electron chi connectivity index (χ0n) is 34.0. The van der Waals surface area contributed by atoms with Crippen molar-refractivity contribution in [1.29, 1.82) is 0 Å². The van der Waals surface area contributed by atoms with E-state index in [2.05, 4.69) is 50.3 Å². The molecule has 0 aliphatic rings. The molecule has 0 aromatic rings. The van der Waals surface area contributed by atoms with Crippen LogP contribution in [0.4, 0.5) is 0 Å². The Morgan fingerprint density at radius 1 is 0.585 bits per heavy atom. The number of carbonyl (C=O) groups excluding carboxylic acids is 2. The Kier molecular flexibility index (Phi) is 38.6. The summed E-state index contributed by atoms with van der Waals surface area (Å²) >= 11 is 0. The van der Waals surface area contributed by atoms with Gasteiger partial charge >= 0.3 is 19.8 Å². The summed E-state index contributed by atoms with van der Waals surface area (Å²) < 4.78 is 32.8. The van der Waals surface area contributed by atoms with Gasteiger partial charge in [0.2, 0.25) is 0 Å². The van der Waals surface area contributed by atoms with Crippen molar-refractivity contribution in [3.05, 3.63) is 36.5 Å². The average Bonchev–Trinajstić information content (AvgIpc) is 3.14. The quantitative estimate of drug-likeness (QED) is 0.0270. The summed E-state index contributed by atoms with van der Waals surface area (Å²) in [6.07, 6.45) is 43.1. The van der Waals surface area contributed by atoms with E-state index in [4.69, 9.17) is 24.3 Å². The molecular weight excluding hydrogens is 689 g/mol. The van der Waals surface area contributed by atoms with Crippen LogP contribution in [0.3, 0.4) is 0 Å². The Labute approximate surface area is 324 Å². The lowest BCUT2D eigenvalue weighted by molar-refractivity contribution is -0.161. The molecule has 0 heterocycles. The van der Waals surface area contributed by atoms with Crippen LogP contribution in [0.5, 0.6) is 0 Å². The Bertz CT molecular complexity index is 970. The molecule has 0 aliphatic carbocycles. The maximum atomic E-state index is 12.6. The number of phosphoric acid groups is 1. The molecule has 3 N–H and O–H groups in total. The summed E-state index contributed by atoms with van der Waals surface area (Å²) in [4.78, 5) is 34.8. The van der Waals surface area contributed by atoms with Crippen LogP contribution in [0, 0.1) is 0 Å². The van der Waals surface area contributed by atoms with Crippen LogP contribution in [0.2, 0.25) is 0 Å². The van der Waals surface area contributed by atoms with Gasteiger partial charge in [0.25, 0.3) is 0 Å². The predicted octanol–water partition coefficient (Wildman–Crippen LogP) is 12.2. The van der Waals surface area contributed by atoms with Gasteiger partial charge in [0, 0.05) is 19.4 Å². The van der Waals surface area contributed by atoms with Crippen molar-refractivity contribution in [2.45, 2.75) is 200 Å². The van der Waals surface area contributed by atoms with Crippen LogP contribution in [0.15, 0.2) is 36.5 Å². The van der Waals surface area contributed by atoms with E-state index in [1.165, 1.54) is 96.3 Å². The highest BCUT2D eigenvalue weighted by atomic mass is 31.2. The fourth-order valence-electron chi connectivity index (χ4n) is 5.88. The molecule has 0 fully saturated rings. The second-order valence-corrected chi connectivity index (χ2v) is 15.6. The predicted molar refractivity (Wildman–Crippen MR) is 220 cm³/mol. The van der Waals surface area contributed by atoms with Gasteiger partial charge < -0.3 is 20.1 Å². The van der Waals surface area contributed by atoms with Gasteiger partial charge in [-0.25, -0.2) is 4.57 Å². The number of unbranched alkanes of at least 4 members (excludes halogenated alkanes) is 21. The Morgan fingerprint density at radius 2 is 1.04 bits per heavy atom. The van der Waals surface area contributed by atoms with E-state index in [0.717, 1.165) is 64.2 Å². The third-order valence-corrected chi connectivity index (χ3v) is 10.0. The molecule has 10 heteroatoms. The number of carbonyl (C=O) groups is 2. The molecule has 0 bridgehead atoms. The van der Waals surface area contributed by atoms with Crippen molar-refractivity contribution in [3.8, 4) is 0 Å². The number of hydrogen-bond acceptors (Lipinski definition) is 8. The average molecular weight is 770 g/mol. The Balaban J connectivity index is 4.16. The molecule has 0 radical (unpaired) electrons.